The molecule has 16 heavy (non-hydrogen) atoms. The zero-order valence-electron chi connectivity index (χ0n) is 10.2. The van der Waals surface area contributed by atoms with Gasteiger partial charge in [-0.3, -0.25) is 4.79 Å². The maximum absolute atomic E-state index is 11.8. The first-order valence-corrected chi connectivity index (χ1v) is 6.47. The Morgan fingerprint density at radius 2 is 2.12 bits per heavy atom. The fourth-order valence-electron chi connectivity index (χ4n) is 1.54. The lowest BCUT2D eigenvalue weighted by Gasteiger charge is -2.08. The molecule has 0 fully saturated rings. The predicted molar refractivity (Wildman–Crippen MR) is 70.0 cm³/mol. The summed E-state index contributed by atoms with van der Waals surface area (Å²) >= 11 is 1.54. The number of unbranched alkanes of at least 4 members (excludes halogenated alkanes) is 2. The maximum atomic E-state index is 11.8. The van der Waals surface area contributed by atoms with Gasteiger partial charge in [0.1, 0.15) is 0 Å². The number of hydrogen-bond donors (Lipinski definition) is 1. The molecule has 90 valence electrons. The molecule has 1 aromatic heterocycles. The number of aryl methyl sites for hydroxylation is 1. The van der Waals surface area contributed by atoms with E-state index < -0.39 is 0 Å². The monoisotopic (exact) mass is 240 g/mol. The molecule has 0 unspecified atom stereocenters. The van der Waals surface area contributed by atoms with Crippen molar-refractivity contribution in [3.63, 3.8) is 0 Å². The summed E-state index contributed by atoms with van der Waals surface area (Å²) in [7, 11) is 3.49. The molecular formula is C12H20N2OS. The van der Waals surface area contributed by atoms with E-state index in [1.165, 1.54) is 24.1 Å². The Labute approximate surface area is 101 Å². The van der Waals surface area contributed by atoms with E-state index in [-0.39, 0.29) is 5.91 Å². The zero-order valence-corrected chi connectivity index (χ0v) is 11.1. The quantitative estimate of drug-likeness (QED) is 0.804. The van der Waals surface area contributed by atoms with Crippen LogP contribution < -0.4 is 5.73 Å². The number of carbonyl (C=O) groups is 1. The highest BCUT2D eigenvalue weighted by molar-refractivity contribution is 7.16. The number of rotatable bonds is 5. The van der Waals surface area contributed by atoms with E-state index in [1.54, 1.807) is 30.3 Å². The highest BCUT2D eigenvalue weighted by atomic mass is 32.1. The number of amides is 1. The van der Waals surface area contributed by atoms with Crippen molar-refractivity contribution in [3.05, 3.63) is 16.5 Å². The Morgan fingerprint density at radius 1 is 1.44 bits per heavy atom. The van der Waals surface area contributed by atoms with Crippen LogP contribution in [-0.4, -0.2) is 24.9 Å². The van der Waals surface area contributed by atoms with Gasteiger partial charge in [0.25, 0.3) is 5.91 Å². The molecule has 0 spiro atoms. The smallest absolute Gasteiger partial charge is 0.256 e. The topological polar surface area (TPSA) is 46.3 Å². The van der Waals surface area contributed by atoms with Crippen LogP contribution in [0.15, 0.2) is 6.07 Å². The van der Waals surface area contributed by atoms with E-state index in [0.717, 1.165) is 6.42 Å². The summed E-state index contributed by atoms with van der Waals surface area (Å²) in [4.78, 5) is 14.5. The molecule has 4 heteroatoms. The minimum atomic E-state index is -0.00417. The Kier molecular flexibility index (Phi) is 4.80. The Morgan fingerprint density at radius 3 is 2.69 bits per heavy atom. The lowest BCUT2D eigenvalue weighted by Crippen LogP contribution is -2.21. The Hall–Kier alpha value is -1.03. The van der Waals surface area contributed by atoms with E-state index in [9.17, 15) is 4.79 Å². The standard InChI is InChI=1S/C12H20N2OS/c1-4-5-6-7-9-8-10(11(13)16-9)12(15)14(2)3/h8H,4-7,13H2,1-3H3. The van der Waals surface area contributed by atoms with E-state index in [2.05, 4.69) is 6.92 Å². The van der Waals surface area contributed by atoms with Crippen molar-refractivity contribution in [2.45, 2.75) is 32.6 Å². The normalized spacial score (nSPS) is 10.4. The van der Waals surface area contributed by atoms with Crippen LogP contribution in [0.1, 0.15) is 41.4 Å². The molecule has 0 saturated carbocycles. The van der Waals surface area contributed by atoms with Crippen LogP contribution in [0.25, 0.3) is 0 Å². The molecular weight excluding hydrogens is 220 g/mol. The van der Waals surface area contributed by atoms with Crippen molar-refractivity contribution >= 4 is 22.2 Å². The van der Waals surface area contributed by atoms with E-state index >= 15 is 0 Å². The molecule has 0 aromatic carbocycles. The third-order valence-electron chi connectivity index (χ3n) is 2.48. The first-order valence-electron chi connectivity index (χ1n) is 5.66. The molecule has 0 aliphatic rings. The van der Waals surface area contributed by atoms with Crippen LogP contribution in [0, 0.1) is 0 Å². The minimum Gasteiger partial charge on any atom is -0.390 e. The Bertz CT molecular complexity index is 358. The maximum Gasteiger partial charge on any atom is 0.256 e. The van der Waals surface area contributed by atoms with Gasteiger partial charge in [-0.15, -0.1) is 11.3 Å². The molecule has 1 aromatic rings. The molecule has 1 amide bonds. The molecule has 0 bridgehead atoms. The number of nitrogens with two attached hydrogens (primary N) is 1. The van der Waals surface area contributed by atoms with Crippen LogP contribution in [0.2, 0.25) is 0 Å². The van der Waals surface area contributed by atoms with Gasteiger partial charge in [0, 0.05) is 19.0 Å². The van der Waals surface area contributed by atoms with Gasteiger partial charge >= 0.3 is 0 Å². The molecule has 0 aliphatic carbocycles. The molecule has 0 aliphatic heterocycles. The van der Waals surface area contributed by atoms with Gasteiger partial charge in [-0.05, 0) is 18.9 Å². The van der Waals surface area contributed by atoms with E-state index in [1.807, 2.05) is 6.07 Å². The first kappa shape index (κ1) is 13.0. The largest absolute Gasteiger partial charge is 0.390 e. The summed E-state index contributed by atoms with van der Waals surface area (Å²) in [5.74, 6) is -0.00417. The van der Waals surface area contributed by atoms with E-state index in [0.29, 0.717) is 10.6 Å². The van der Waals surface area contributed by atoms with Crippen molar-refractivity contribution in [2.75, 3.05) is 19.8 Å². The fourth-order valence-corrected chi connectivity index (χ4v) is 2.50. The summed E-state index contributed by atoms with van der Waals surface area (Å²) in [5, 5.41) is 0.644. The zero-order chi connectivity index (χ0) is 12.1. The second-order valence-corrected chi connectivity index (χ2v) is 5.32. The molecule has 0 radical (unpaired) electrons. The molecule has 3 nitrogen and oxygen atoms in total. The Balaban J connectivity index is 2.70. The van der Waals surface area contributed by atoms with Crippen molar-refractivity contribution < 1.29 is 4.79 Å². The summed E-state index contributed by atoms with van der Waals surface area (Å²) < 4.78 is 0. The average Bonchev–Trinajstić information content (AvgIpc) is 2.59. The highest BCUT2D eigenvalue weighted by Crippen LogP contribution is 2.27. The second kappa shape index (κ2) is 5.89. The molecule has 2 N–H and O–H groups in total. The number of anilines is 1. The number of carbonyl (C=O) groups excluding carboxylic acids is 1. The number of nitrogen functional groups attached to an aromatic ring is 1. The lowest BCUT2D eigenvalue weighted by atomic mass is 10.1. The SMILES string of the molecule is CCCCCc1cc(C(=O)N(C)C)c(N)s1. The molecule has 0 saturated heterocycles. The molecule has 1 rings (SSSR count). The van der Waals surface area contributed by atoms with Gasteiger partial charge in [0.2, 0.25) is 0 Å². The average molecular weight is 240 g/mol. The predicted octanol–water partition coefficient (Wildman–Crippen LogP) is 2.76. The summed E-state index contributed by atoms with van der Waals surface area (Å²) in [6.45, 7) is 2.18. The van der Waals surface area contributed by atoms with Crippen LogP contribution >= 0.6 is 11.3 Å². The highest BCUT2D eigenvalue weighted by Gasteiger charge is 2.15. The van der Waals surface area contributed by atoms with Crippen molar-refractivity contribution in [3.8, 4) is 0 Å². The minimum absolute atomic E-state index is 0.00417. The molecule has 1 heterocycles. The fraction of sp³-hybridized carbons (Fsp3) is 0.583. The van der Waals surface area contributed by atoms with Gasteiger partial charge in [0.05, 0.1) is 10.6 Å². The van der Waals surface area contributed by atoms with Gasteiger partial charge in [-0.1, -0.05) is 19.8 Å². The summed E-state index contributed by atoms with van der Waals surface area (Å²) in [6.07, 6.45) is 4.65. The molecule has 0 atom stereocenters. The van der Waals surface area contributed by atoms with E-state index in [4.69, 9.17) is 5.73 Å². The van der Waals surface area contributed by atoms with Gasteiger partial charge in [0.15, 0.2) is 0 Å². The summed E-state index contributed by atoms with van der Waals surface area (Å²) in [6, 6.07) is 1.94. The number of thiophene rings is 1. The van der Waals surface area contributed by atoms with Crippen LogP contribution in [-0.2, 0) is 6.42 Å². The van der Waals surface area contributed by atoms with Crippen LogP contribution in [0.5, 0.6) is 0 Å². The van der Waals surface area contributed by atoms with Gasteiger partial charge in [-0.25, -0.2) is 0 Å². The summed E-state index contributed by atoms with van der Waals surface area (Å²) in [5.41, 5.74) is 6.51. The lowest BCUT2D eigenvalue weighted by molar-refractivity contribution is 0.0829. The van der Waals surface area contributed by atoms with Crippen molar-refractivity contribution in [1.82, 2.24) is 4.90 Å². The third-order valence-corrected chi connectivity index (χ3v) is 3.50. The first-order chi connectivity index (χ1) is 7.56. The van der Waals surface area contributed by atoms with Gasteiger partial charge in [-0.2, -0.15) is 0 Å². The third kappa shape index (κ3) is 3.23. The number of nitrogens with zero attached hydrogens (tertiary/aromatic N) is 1. The van der Waals surface area contributed by atoms with Crippen LogP contribution in [0.4, 0.5) is 5.00 Å². The number of hydrogen-bond acceptors (Lipinski definition) is 3. The second-order valence-electron chi connectivity index (χ2n) is 4.15. The van der Waals surface area contributed by atoms with Crippen molar-refractivity contribution in [1.29, 1.82) is 0 Å². The van der Waals surface area contributed by atoms with Crippen LogP contribution in [0.3, 0.4) is 0 Å². The van der Waals surface area contributed by atoms with Gasteiger partial charge < -0.3 is 10.6 Å². The van der Waals surface area contributed by atoms with Crippen molar-refractivity contribution in [2.24, 2.45) is 0 Å².